The predicted molar refractivity (Wildman–Crippen MR) is 67.2 cm³/mol. The van der Waals surface area contributed by atoms with Gasteiger partial charge in [0.1, 0.15) is 0 Å². The van der Waals surface area contributed by atoms with Crippen molar-refractivity contribution < 1.29 is 4.92 Å². The maximum Gasteiger partial charge on any atom is 0.259 e. The molecule has 0 fully saturated rings. The van der Waals surface area contributed by atoms with E-state index in [1.165, 1.54) is 0 Å². The minimum atomic E-state index is -0.396. The van der Waals surface area contributed by atoms with Gasteiger partial charge in [-0.15, -0.1) is 0 Å². The summed E-state index contributed by atoms with van der Waals surface area (Å²) < 4.78 is 0. The SMILES string of the molecule is CN=C(C[N+](=O)[O-])NCCCSc1ncc[nH]1. The molecule has 7 nitrogen and oxygen atoms in total. The molecule has 0 aromatic carbocycles. The van der Waals surface area contributed by atoms with Crippen LogP contribution in [0.15, 0.2) is 22.5 Å². The Morgan fingerprint density at radius 1 is 1.76 bits per heavy atom. The Morgan fingerprint density at radius 3 is 3.18 bits per heavy atom. The normalized spacial score (nSPS) is 11.5. The lowest BCUT2D eigenvalue weighted by molar-refractivity contribution is -0.463. The van der Waals surface area contributed by atoms with Gasteiger partial charge in [0.25, 0.3) is 6.54 Å². The van der Waals surface area contributed by atoms with Gasteiger partial charge in [-0.1, -0.05) is 11.8 Å². The van der Waals surface area contributed by atoms with Crippen LogP contribution in [-0.4, -0.2) is 46.6 Å². The molecule has 0 saturated heterocycles. The van der Waals surface area contributed by atoms with Gasteiger partial charge in [0.2, 0.25) is 0 Å². The number of thioether (sulfide) groups is 1. The fraction of sp³-hybridized carbons (Fsp3) is 0.556. The number of hydrogen-bond donors (Lipinski definition) is 2. The van der Waals surface area contributed by atoms with Gasteiger partial charge >= 0.3 is 0 Å². The maximum atomic E-state index is 10.3. The van der Waals surface area contributed by atoms with Gasteiger partial charge in [0.05, 0.1) is 0 Å². The quantitative estimate of drug-likeness (QED) is 0.188. The van der Waals surface area contributed by atoms with Crippen molar-refractivity contribution in [3.05, 3.63) is 22.5 Å². The number of aromatic amines is 1. The summed E-state index contributed by atoms with van der Waals surface area (Å²) in [5, 5.41) is 14.1. The van der Waals surface area contributed by atoms with Crippen LogP contribution in [0.1, 0.15) is 6.42 Å². The Balaban J connectivity index is 2.09. The molecule has 1 heterocycles. The summed E-state index contributed by atoms with van der Waals surface area (Å²) in [6, 6.07) is 0. The molecule has 0 amide bonds. The Morgan fingerprint density at radius 2 is 2.59 bits per heavy atom. The second kappa shape index (κ2) is 7.66. The minimum Gasteiger partial charge on any atom is -0.368 e. The standard InChI is InChI=1S/C9H15N5O2S/c1-10-8(7-14(15)16)11-3-2-6-17-9-12-4-5-13-9/h4-5H,2-3,6-7H2,1H3,(H,10,11)(H,12,13). The van der Waals surface area contributed by atoms with Crippen LogP contribution < -0.4 is 5.32 Å². The molecule has 1 rings (SSSR count). The Labute approximate surface area is 103 Å². The number of rotatable bonds is 7. The molecule has 0 bridgehead atoms. The Kier molecular flexibility index (Phi) is 6.08. The van der Waals surface area contributed by atoms with Crippen LogP contribution >= 0.6 is 11.8 Å². The zero-order valence-electron chi connectivity index (χ0n) is 9.55. The Hall–Kier alpha value is -1.57. The van der Waals surface area contributed by atoms with Crippen molar-refractivity contribution in [2.24, 2.45) is 4.99 Å². The third-order valence-electron chi connectivity index (χ3n) is 1.91. The molecule has 0 radical (unpaired) electrons. The molecule has 0 aliphatic heterocycles. The van der Waals surface area contributed by atoms with Gasteiger partial charge in [0.15, 0.2) is 11.0 Å². The van der Waals surface area contributed by atoms with Crippen molar-refractivity contribution in [1.82, 2.24) is 15.3 Å². The lowest BCUT2D eigenvalue weighted by Crippen LogP contribution is -2.31. The number of nitrogens with zero attached hydrogens (tertiary/aromatic N) is 3. The van der Waals surface area contributed by atoms with E-state index in [0.717, 1.165) is 17.3 Å². The van der Waals surface area contributed by atoms with E-state index < -0.39 is 4.92 Å². The topological polar surface area (TPSA) is 96.2 Å². The van der Waals surface area contributed by atoms with Crippen LogP contribution in [0.3, 0.4) is 0 Å². The first-order valence-corrected chi connectivity index (χ1v) is 6.14. The summed E-state index contributed by atoms with van der Waals surface area (Å²) in [5.74, 6) is 1.31. The largest absolute Gasteiger partial charge is 0.368 e. The Bertz CT molecular complexity index is 365. The van der Waals surface area contributed by atoms with Crippen LogP contribution in [0.2, 0.25) is 0 Å². The number of aliphatic imine (C=N–C) groups is 1. The minimum absolute atomic E-state index is 0.248. The summed E-state index contributed by atoms with van der Waals surface area (Å²) in [4.78, 5) is 20.8. The van der Waals surface area contributed by atoms with Gasteiger partial charge in [-0.2, -0.15) is 0 Å². The van der Waals surface area contributed by atoms with Crippen LogP contribution in [0.4, 0.5) is 0 Å². The first kappa shape index (κ1) is 13.5. The zero-order chi connectivity index (χ0) is 12.5. The van der Waals surface area contributed by atoms with Gasteiger partial charge < -0.3 is 10.3 Å². The van der Waals surface area contributed by atoms with Crippen LogP contribution in [-0.2, 0) is 0 Å². The summed E-state index contributed by atoms with van der Waals surface area (Å²) >= 11 is 1.62. The second-order valence-corrected chi connectivity index (χ2v) is 4.27. The monoisotopic (exact) mass is 257 g/mol. The van der Waals surface area contributed by atoms with Gasteiger partial charge in [0, 0.05) is 36.7 Å². The lowest BCUT2D eigenvalue weighted by Gasteiger charge is -2.04. The van der Waals surface area contributed by atoms with Crippen molar-refractivity contribution >= 4 is 17.6 Å². The first-order chi connectivity index (χ1) is 8.22. The number of nitrogens with one attached hydrogen (secondary N) is 2. The second-order valence-electron chi connectivity index (χ2n) is 3.18. The van der Waals surface area contributed by atoms with Crippen molar-refractivity contribution in [3.63, 3.8) is 0 Å². The number of imidazole rings is 1. The molecular weight excluding hydrogens is 242 g/mol. The summed E-state index contributed by atoms with van der Waals surface area (Å²) in [7, 11) is 1.55. The number of H-pyrrole nitrogens is 1. The van der Waals surface area contributed by atoms with Crippen molar-refractivity contribution in [2.75, 3.05) is 25.9 Å². The molecule has 1 aromatic rings. The lowest BCUT2D eigenvalue weighted by atomic mass is 10.4. The molecule has 8 heteroatoms. The number of nitro groups is 1. The highest BCUT2D eigenvalue weighted by Gasteiger charge is 2.05. The van der Waals surface area contributed by atoms with Crippen LogP contribution in [0.5, 0.6) is 0 Å². The van der Waals surface area contributed by atoms with Crippen LogP contribution in [0, 0.1) is 10.1 Å². The zero-order valence-corrected chi connectivity index (χ0v) is 10.4. The van der Waals surface area contributed by atoms with Gasteiger partial charge in [-0.25, -0.2) is 4.98 Å². The highest BCUT2D eigenvalue weighted by molar-refractivity contribution is 7.99. The summed E-state index contributed by atoms with van der Waals surface area (Å²) in [6.07, 6.45) is 4.38. The third-order valence-corrected chi connectivity index (χ3v) is 2.90. The number of amidine groups is 1. The van der Waals surface area contributed by atoms with Gasteiger partial charge in [-0.05, 0) is 6.42 Å². The highest BCUT2D eigenvalue weighted by Crippen LogP contribution is 2.11. The molecule has 0 atom stereocenters. The third kappa shape index (κ3) is 5.91. The van der Waals surface area contributed by atoms with E-state index in [2.05, 4.69) is 20.3 Å². The smallest absolute Gasteiger partial charge is 0.259 e. The van der Waals surface area contributed by atoms with E-state index in [1.807, 2.05) is 0 Å². The molecule has 2 N–H and O–H groups in total. The molecule has 0 unspecified atom stereocenters. The summed E-state index contributed by atoms with van der Waals surface area (Å²) in [6.45, 7) is 0.427. The molecule has 0 spiro atoms. The molecular formula is C9H15N5O2S. The molecule has 0 aliphatic carbocycles. The van der Waals surface area contributed by atoms with Crippen molar-refractivity contribution in [1.29, 1.82) is 0 Å². The highest BCUT2D eigenvalue weighted by atomic mass is 32.2. The fourth-order valence-corrected chi connectivity index (χ4v) is 1.90. The number of aromatic nitrogens is 2. The van der Waals surface area contributed by atoms with E-state index in [9.17, 15) is 10.1 Å². The van der Waals surface area contributed by atoms with E-state index in [4.69, 9.17) is 0 Å². The fourth-order valence-electron chi connectivity index (χ4n) is 1.13. The van der Waals surface area contributed by atoms with E-state index in [1.54, 1.807) is 31.2 Å². The molecule has 0 saturated carbocycles. The average molecular weight is 257 g/mol. The average Bonchev–Trinajstić information content (AvgIpc) is 2.79. The van der Waals surface area contributed by atoms with Crippen molar-refractivity contribution in [3.8, 4) is 0 Å². The molecule has 17 heavy (non-hydrogen) atoms. The molecule has 0 aliphatic rings. The predicted octanol–water partition coefficient (Wildman–Crippen LogP) is 0.786. The van der Waals surface area contributed by atoms with E-state index in [0.29, 0.717) is 12.4 Å². The van der Waals surface area contributed by atoms with E-state index in [-0.39, 0.29) is 6.54 Å². The number of hydrogen-bond acceptors (Lipinski definition) is 5. The first-order valence-electron chi connectivity index (χ1n) is 5.16. The molecule has 1 aromatic heterocycles. The van der Waals surface area contributed by atoms with Crippen molar-refractivity contribution in [2.45, 2.75) is 11.6 Å². The molecule has 94 valence electrons. The summed E-state index contributed by atoms with van der Waals surface area (Å²) in [5.41, 5.74) is 0. The maximum absolute atomic E-state index is 10.3. The van der Waals surface area contributed by atoms with E-state index >= 15 is 0 Å². The van der Waals surface area contributed by atoms with Gasteiger partial charge in [-0.3, -0.25) is 15.1 Å². The van der Waals surface area contributed by atoms with Crippen LogP contribution in [0.25, 0.3) is 0 Å².